The third-order valence-corrected chi connectivity index (χ3v) is 6.08. The van der Waals surface area contributed by atoms with Crippen molar-refractivity contribution in [3.63, 3.8) is 0 Å². The van der Waals surface area contributed by atoms with Crippen LogP contribution in [0, 0.1) is 0 Å². The van der Waals surface area contributed by atoms with Crippen LogP contribution in [0.15, 0.2) is 52.3 Å². The quantitative estimate of drug-likeness (QED) is 0.765. The summed E-state index contributed by atoms with van der Waals surface area (Å²) in [5.74, 6) is -0.219. The van der Waals surface area contributed by atoms with Crippen molar-refractivity contribution >= 4 is 33.3 Å². The SMILES string of the molecule is CCCc1cccc2c1Sc1ccccc1N2CCCS(=O)(=O)O. The van der Waals surface area contributed by atoms with E-state index in [1.807, 2.05) is 12.1 Å². The highest BCUT2D eigenvalue weighted by molar-refractivity contribution is 7.99. The highest BCUT2D eigenvalue weighted by atomic mass is 32.2. The summed E-state index contributed by atoms with van der Waals surface area (Å²) in [7, 11) is -3.93. The zero-order valence-electron chi connectivity index (χ0n) is 13.6. The Bertz CT molecular complexity index is 834. The van der Waals surface area contributed by atoms with Crippen molar-refractivity contribution in [2.45, 2.75) is 36.0 Å². The van der Waals surface area contributed by atoms with Crippen LogP contribution in [-0.2, 0) is 16.5 Å². The van der Waals surface area contributed by atoms with Gasteiger partial charge in [-0.1, -0.05) is 49.4 Å². The smallest absolute Gasteiger partial charge is 0.264 e. The second kappa shape index (κ2) is 7.17. The lowest BCUT2D eigenvalue weighted by atomic mass is 10.1. The highest BCUT2D eigenvalue weighted by Crippen LogP contribution is 2.49. The summed E-state index contributed by atoms with van der Waals surface area (Å²) >= 11 is 1.78. The van der Waals surface area contributed by atoms with E-state index in [1.165, 1.54) is 15.4 Å². The Morgan fingerprint density at radius 1 is 1.08 bits per heavy atom. The molecule has 0 atom stereocenters. The van der Waals surface area contributed by atoms with E-state index in [1.54, 1.807) is 11.8 Å². The van der Waals surface area contributed by atoms with Crippen molar-refractivity contribution in [2.75, 3.05) is 17.2 Å². The predicted octanol–water partition coefficient (Wildman–Crippen LogP) is 4.52. The lowest BCUT2D eigenvalue weighted by Gasteiger charge is -2.33. The first-order chi connectivity index (χ1) is 11.5. The fraction of sp³-hybridized carbons (Fsp3) is 0.333. The Morgan fingerprint density at radius 2 is 1.83 bits per heavy atom. The molecule has 1 aliphatic heterocycles. The molecule has 1 aliphatic rings. The molecule has 128 valence electrons. The lowest BCUT2D eigenvalue weighted by molar-refractivity contribution is 0.481. The maximum atomic E-state index is 11.0. The molecule has 3 rings (SSSR count). The first-order valence-electron chi connectivity index (χ1n) is 8.11. The normalized spacial score (nSPS) is 13.5. The van der Waals surface area contributed by atoms with Crippen molar-refractivity contribution in [2.24, 2.45) is 0 Å². The van der Waals surface area contributed by atoms with Crippen LogP contribution in [0.25, 0.3) is 0 Å². The number of hydrogen-bond donors (Lipinski definition) is 1. The van der Waals surface area contributed by atoms with Gasteiger partial charge in [0.2, 0.25) is 0 Å². The fourth-order valence-corrected chi connectivity index (χ4v) is 4.75. The highest BCUT2D eigenvalue weighted by Gasteiger charge is 2.24. The van der Waals surface area contributed by atoms with E-state index in [-0.39, 0.29) is 5.75 Å². The van der Waals surface area contributed by atoms with Crippen molar-refractivity contribution in [1.29, 1.82) is 0 Å². The number of hydrogen-bond acceptors (Lipinski definition) is 4. The number of aryl methyl sites for hydroxylation is 1. The van der Waals surface area contributed by atoms with E-state index in [0.29, 0.717) is 13.0 Å². The molecule has 0 spiro atoms. The monoisotopic (exact) mass is 363 g/mol. The predicted molar refractivity (Wildman–Crippen MR) is 99.0 cm³/mol. The van der Waals surface area contributed by atoms with Gasteiger partial charge in [-0.25, -0.2) is 0 Å². The van der Waals surface area contributed by atoms with Crippen LogP contribution in [0.5, 0.6) is 0 Å². The summed E-state index contributed by atoms with van der Waals surface area (Å²) < 4.78 is 31.1. The average Bonchev–Trinajstić information content (AvgIpc) is 2.54. The molecule has 0 aliphatic carbocycles. The molecule has 1 heterocycles. The number of fused-ring (bicyclic) bond motifs is 2. The Kier molecular flexibility index (Phi) is 5.18. The van der Waals surface area contributed by atoms with Crippen LogP contribution in [0.3, 0.4) is 0 Å². The molecule has 0 fully saturated rings. The molecule has 6 heteroatoms. The van der Waals surface area contributed by atoms with Crippen molar-refractivity contribution in [3.8, 4) is 0 Å². The van der Waals surface area contributed by atoms with Gasteiger partial charge < -0.3 is 4.90 Å². The van der Waals surface area contributed by atoms with Gasteiger partial charge in [-0.3, -0.25) is 4.55 Å². The first-order valence-corrected chi connectivity index (χ1v) is 10.5. The van der Waals surface area contributed by atoms with Gasteiger partial charge in [0.05, 0.1) is 17.1 Å². The third kappa shape index (κ3) is 3.77. The van der Waals surface area contributed by atoms with Gasteiger partial charge in [0.25, 0.3) is 10.1 Å². The number of nitrogens with zero attached hydrogens (tertiary/aromatic N) is 1. The van der Waals surface area contributed by atoms with E-state index < -0.39 is 10.1 Å². The molecule has 0 saturated carbocycles. The van der Waals surface area contributed by atoms with Crippen LogP contribution in [0.4, 0.5) is 11.4 Å². The molecular weight excluding hydrogens is 342 g/mol. The van der Waals surface area contributed by atoms with Gasteiger partial charge in [-0.2, -0.15) is 8.42 Å². The number of rotatable bonds is 6. The summed E-state index contributed by atoms with van der Waals surface area (Å²) in [6, 6.07) is 14.5. The molecule has 0 amide bonds. The molecule has 0 saturated heterocycles. The van der Waals surface area contributed by atoms with Crippen LogP contribution in [-0.4, -0.2) is 25.3 Å². The van der Waals surface area contributed by atoms with Gasteiger partial charge in [-0.15, -0.1) is 0 Å². The maximum absolute atomic E-state index is 11.0. The summed E-state index contributed by atoms with van der Waals surface area (Å²) in [5, 5.41) is 0. The Labute approximate surface area is 147 Å². The summed E-state index contributed by atoms with van der Waals surface area (Å²) in [6.07, 6.45) is 2.49. The van der Waals surface area contributed by atoms with Crippen molar-refractivity contribution in [1.82, 2.24) is 0 Å². The summed E-state index contributed by atoms with van der Waals surface area (Å²) in [5.41, 5.74) is 3.55. The molecule has 0 unspecified atom stereocenters. The van der Waals surface area contributed by atoms with Gasteiger partial charge in [-0.05, 0) is 36.6 Å². The standard InChI is InChI=1S/C18H21NO3S2/c1-2-7-14-8-5-10-16-18(14)23-17-11-4-3-9-15(17)19(16)12-6-13-24(20,21)22/h3-5,8-11H,2,6-7,12-13H2,1H3,(H,20,21,22). The molecule has 4 nitrogen and oxygen atoms in total. The molecule has 0 radical (unpaired) electrons. The van der Waals surface area contributed by atoms with Crippen molar-refractivity contribution < 1.29 is 13.0 Å². The molecule has 2 aromatic rings. The number of benzene rings is 2. The van der Waals surface area contributed by atoms with Gasteiger partial charge >= 0.3 is 0 Å². The maximum Gasteiger partial charge on any atom is 0.264 e. The van der Waals surface area contributed by atoms with E-state index in [9.17, 15) is 8.42 Å². The van der Waals surface area contributed by atoms with E-state index in [4.69, 9.17) is 4.55 Å². The summed E-state index contributed by atoms with van der Waals surface area (Å²) in [4.78, 5) is 4.61. The van der Waals surface area contributed by atoms with Crippen LogP contribution in [0.2, 0.25) is 0 Å². The largest absolute Gasteiger partial charge is 0.340 e. The van der Waals surface area contributed by atoms with Gasteiger partial charge in [0.15, 0.2) is 0 Å². The Balaban J connectivity index is 1.97. The molecule has 0 bridgehead atoms. The first kappa shape index (κ1) is 17.3. The third-order valence-electron chi connectivity index (χ3n) is 4.04. The summed E-state index contributed by atoms with van der Waals surface area (Å²) in [6.45, 7) is 2.73. The van der Waals surface area contributed by atoms with Crippen LogP contribution < -0.4 is 4.90 Å². The second-order valence-electron chi connectivity index (χ2n) is 5.88. The van der Waals surface area contributed by atoms with E-state index in [0.717, 1.165) is 24.2 Å². The lowest BCUT2D eigenvalue weighted by Crippen LogP contribution is -2.24. The molecule has 0 aromatic heterocycles. The second-order valence-corrected chi connectivity index (χ2v) is 8.50. The zero-order valence-corrected chi connectivity index (χ0v) is 15.2. The minimum atomic E-state index is -3.93. The molecule has 24 heavy (non-hydrogen) atoms. The Hall–Kier alpha value is -1.50. The molecule has 2 aromatic carbocycles. The van der Waals surface area contributed by atoms with Gasteiger partial charge in [0.1, 0.15) is 0 Å². The van der Waals surface area contributed by atoms with Crippen LogP contribution >= 0.6 is 11.8 Å². The number of para-hydroxylation sites is 1. The Morgan fingerprint density at radius 3 is 2.58 bits per heavy atom. The fourth-order valence-electron chi connectivity index (χ4n) is 3.02. The molecule has 1 N–H and O–H groups in total. The average molecular weight is 364 g/mol. The van der Waals surface area contributed by atoms with E-state index in [2.05, 4.69) is 42.2 Å². The van der Waals surface area contributed by atoms with Gasteiger partial charge in [0, 0.05) is 16.3 Å². The zero-order chi connectivity index (χ0) is 17.2. The minimum absolute atomic E-state index is 0.219. The topological polar surface area (TPSA) is 57.6 Å². The van der Waals surface area contributed by atoms with Crippen molar-refractivity contribution in [3.05, 3.63) is 48.0 Å². The van der Waals surface area contributed by atoms with E-state index >= 15 is 0 Å². The molecular formula is C18H21NO3S2. The number of anilines is 2. The minimum Gasteiger partial charge on any atom is -0.340 e. The van der Waals surface area contributed by atoms with Crippen LogP contribution in [0.1, 0.15) is 25.3 Å².